The molecule has 2 N–H and O–H groups in total. The minimum absolute atomic E-state index is 0.608. The fourth-order valence-electron chi connectivity index (χ4n) is 1.53. The molecule has 0 aromatic carbocycles. The van der Waals surface area contributed by atoms with Gasteiger partial charge in [-0.15, -0.1) is 0 Å². The highest BCUT2D eigenvalue weighted by molar-refractivity contribution is 5.33. The lowest BCUT2D eigenvalue weighted by molar-refractivity contribution is 0.472. The molecule has 0 radical (unpaired) electrons. The molecule has 2 heterocycles. The first-order valence-corrected chi connectivity index (χ1v) is 5.53. The lowest BCUT2D eigenvalue weighted by Gasteiger charge is -2.08. The minimum Gasteiger partial charge on any atom is -0.454 e. The van der Waals surface area contributed by atoms with Crippen LogP contribution in [-0.2, 0) is 6.42 Å². The monoisotopic (exact) mass is 229 g/mol. The van der Waals surface area contributed by atoms with E-state index in [1.165, 1.54) is 0 Å². The summed E-state index contributed by atoms with van der Waals surface area (Å²) in [6.45, 7) is 2.52. The van der Waals surface area contributed by atoms with Gasteiger partial charge in [-0.25, -0.2) is 0 Å². The Balaban J connectivity index is 2.18. The molecular formula is C13H15N3O. The summed E-state index contributed by atoms with van der Waals surface area (Å²) in [6, 6.07) is 5.68. The van der Waals surface area contributed by atoms with Crippen molar-refractivity contribution < 1.29 is 4.74 Å². The van der Waals surface area contributed by atoms with Gasteiger partial charge in [-0.1, -0.05) is 0 Å². The van der Waals surface area contributed by atoms with Gasteiger partial charge in [0.15, 0.2) is 0 Å². The fourth-order valence-corrected chi connectivity index (χ4v) is 1.53. The number of hydrogen-bond donors (Lipinski definition) is 1. The van der Waals surface area contributed by atoms with Gasteiger partial charge in [0.2, 0.25) is 0 Å². The van der Waals surface area contributed by atoms with E-state index in [4.69, 9.17) is 10.5 Å². The molecule has 0 aliphatic carbocycles. The van der Waals surface area contributed by atoms with Gasteiger partial charge in [0.05, 0.1) is 11.9 Å². The van der Waals surface area contributed by atoms with Crippen LogP contribution in [0.2, 0.25) is 0 Å². The van der Waals surface area contributed by atoms with E-state index in [2.05, 4.69) is 9.97 Å². The number of pyridine rings is 2. The fraction of sp³-hybridized carbons (Fsp3) is 0.231. The van der Waals surface area contributed by atoms with Gasteiger partial charge < -0.3 is 10.5 Å². The third kappa shape index (κ3) is 3.01. The lowest BCUT2D eigenvalue weighted by atomic mass is 10.2. The molecule has 2 aromatic heterocycles. The van der Waals surface area contributed by atoms with Crippen LogP contribution in [0.15, 0.2) is 36.8 Å². The van der Waals surface area contributed by atoms with E-state index in [0.29, 0.717) is 12.3 Å². The summed E-state index contributed by atoms with van der Waals surface area (Å²) < 4.78 is 5.73. The number of aryl methyl sites for hydroxylation is 1. The van der Waals surface area contributed by atoms with Crippen molar-refractivity contribution in [2.24, 2.45) is 5.73 Å². The van der Waals surface area contributed by atoms with Crippen LogP contribution in [-0.4, -0.2) is 16.5 Å². The Kier molecular flexibility index (Phi) is 3.67. The number of nitrogens with two attached hydrogens (primary N) is 1. The van der Waals surface area contributed by atoms with Crippen molar-refractivity contribution in [3.05, 3.63) is 48.0 Å². The molecular weight excluding hydrogens is 214 g/mol. The minimum atomic E-state index is 0.608. The Hall–Kier alpha value is -1.94. The number of rotatable bonds is 4. The van der Waals surface area contributed by atoms with Crippen molar-refractivity contribution in [3.8, 4) is 11.5 Å². The van der Waals surface area contributed by atoms with Gasteiger partial charge in [0.25, 0.3) is 0 Å². The first kappa shape index (κ1) is 11.5. The summed E-state index contributed by atoms with van der Waals surface area (Å²) in [4.78, 5) is 8.30. The second-order valence-corrected chi connectivity index (χ2v) is 3.76. The largest absolute Gasteiger partial charge is 0.454 e. The van der Waals surface area contributed by atoms with Gasteiger partial charge in [0.1, 0.15) is 11.5 Å². The molecule has 0 aliphatic heterocycles. The number of nitrogens with zero attached hydrogens (tertiary/aromatic N) is 2. The van der Waals surface area contributed by atoms with Crippen LogP contribution in [0.4, 0.5) is 0 Å². The number of ether oxygens (including phenoxy) is 1. The molecule has 88 valence electrons. The van der Waals surface area contributed by atoms with Crippen molar-refractivity contribution in [1.82, 2.24) is 9.97 Å². The first-order valence-electron chi connectivity index (χ1n) is 5.53. The van der Waals surface area contributed by atoms with E-state index in [0.717, 1.165) is 23.4 Å². The molecule has 0 spiro atoms. The Bertz CT molecular complexity index is 500. The van der Waals surface area contributed by atoms with E-state index in [1.807, 2.05) is 25.1 Å². The van der Waals surface area contributed by atoms with Crippen LogP contribution in [0, 0.1) is 6.92 Å². The lowest BCUT2D eigenvalue weighted by Crippen LogP contribution is -2.03. The zero-order valence-electron chi connectivity index (χ0n) is 9.76. The highest BCUT2D eigenvalue weighted by Crippen LogP contribution is 2.23. The maximum Gasteiger partial charge on any atom is 0.148 e. The molecule has 4 heteroatoms. The summed E-state index contributed by atoms with van der Waals surface area (Å²) in [7, 11) is 0. The standard InChI is InChI=1S/C13H15N3O/c1-10-13(3-2-6-16-10)17-12-7-11(4-5-14)8-15-9-12/h2-3,6-9H,4-5,14H2,1H3. The average Bonchev–Trinajstić information content (AvgIpc) is 2.33. The van der Waals surface area contributed by atoms with E-state index >= 15 is 0 Å². The van der Waals surface area contributed by atoms with E-state index in [-0.39, 0.29) is 0 Å². The molecule has 0 bridgehead atoms. The summed E-state index contributed by atoms with van der Waals surface area (Å²) in [5, 5.41) is 0. The molecule has 0 unspecified atom stereocenters. The smallest absolute Gasteiger partial charge is 0.148 e. The molecule has 17 heavy (non-hydrogen) atoms. The number of hydrogen-bond acceptors (Lipinski definition) is 4. The molecule has 0 fully saturated rings. The quantitative estimate of drug-likeness (QED) is 0.872. The normalized spacial score (nSPS) is 10.2. The number of aromatic nitrogens is 2. The van der Waals surface area contributed by atoms with Gasteiger partial charge in [-0.2, -0.15) is 0 Å². The summed E-state index contributed by atoms with van der Waals surface area (Å²) in [6.07, 6.45) is 6.03. The molecule has 4 nitrogen and oxygen atoms in total. The third-order valence-electron chi connectivity index (χ3n) is 2.39. The van der Waals surface area contributed by atoms with Gasteiger partial charge in [0, 0.05) is 12.4 Å². The second-order valence-electron chi connectivity index (χ2n) is 3.76. The van der Waals surface area contributed by atoms with Crippen molar-refractivity contribution in [1.29, 1.82) is 0 Å². The van der Waals surface area contributed by atoms with Crippen LogP contribution in [0.3, 0.4) is 0 Å². The molecule has 0 amide bonds. The van der Waals surface area contributed by atoms with Gasteiger partial charge in [-0.05, 0) is 43.7 Å². The highest BCUT2D eigenvalue weighted by atomic mass is 16.5. The Morgan fingerprint density at radius 3 is 3.00 bits per heavy atom. The average molecular weight is 229 g/mol. The summed E-state index contributed by atoms with van der Waals surface area (Å²) in [5.74, 6) is 1.46. The predicted molar refractivity (Wildman–Crippen MR) is 66.0 cm³/mol. The highest BCUT2D eigenvalue weighted by Gasteiger charge is 2.02. The van der Waals surface area contributed by atoms with Crippen molar-refractivity contribution in [2.45, 2.75) is 13.3 Å². The SMILES string of the molecule is Cc1ncccc1Oc1cncc(CCN)c1. The molecule has 0 saturated heterocycles. The second kappa shape index (κ2) is 5.41. The van der Waals surface area contributed by atoms with E-state index in [9.17, 15) is 0 Å². The summed E-state index contributed by atoms with van der Waals surface area (Å²) >= 11 is 0. The third-order valence-corrected chi connectivity index (χ3v) is 2.39. The molecule has 0 saturated carbocycles. The van der Waals surface area contributed by atoms with Crippen LogP contribution in [0.5, 0.6) is 11.5 Å². The Morgan fingerprint density at radius 1 is 1.35 bits per heavy atom. The van der Waals surface area contributed by atoms with Crippen LogP contribution in [0.1, 0.15) is 11.3 Å². The maximum absolute atomic E-state index is 5.73. The Labute approximate surface area is 100 Å². The van der Waals surface area contributed by atoms with Crippen molar-refractivity contribution in [3.63, 3.8) is 0 Å². The predicted octanol–water partition coefficient (Wildman–Crippen LogP) is 2.08. The maximum atomic E-state index is 5.73. The zero-order chi connectivity index (χ0) is 12.1. The van der Waals surface area contributed by atoms with Crippen LogP contribution >= 0.6 is 0 Å². The topological polar surface area (TPSA) is 61.0 Å². The van der Waals surface area contributed by atoms with Gasteiger partial charge in [-0.3, -0.25) is 9.97 Å². The summed E-state index contributed by atoms with van der Waals surface area (Å²) in [5.41, 5.74) is 7.44. The van der Waals surface area contributed by atoms with Gasteiger partial charge >= 0.3 is 0 Å². The molecule has 2 aromatic rings. The molecule has 0 atom stereocenters. The van der Waals surface area contributed by atoms with E-state index in [1.54, 1.807) is 18.6 Å². The zero-order valence-corrected chi connectivity index (χ0v) is 9.76. The van der Waals surface area contributed by atoms with E-state index < -0.39 is 0 Å². The van der Waals surface area contributed by atoms with Crippen LogP contribution < -0.4 is 10.5 Å². The first-order chi connectivity index (χ1) is 8.29. The molecule has 2 rings (SSSR count). The van der Waals surface area contributed by atoms with Crippen LogP contribution in [0.25, 0.3) is 0 Å². The Morgan fingerprint density at radius 2 is 2.24 bits per heavy atom. The van der Waals surface area contributed by atoms with Crippen molar-refractivity contribution >= 4 is 0 Å². The molecule has 0 aliphatic rings. The van der Waals surface area contributed by atoms with Crippen molar-refractivity contribution in [2.75, 3.05) is 6.54 Å².